The Bertz CT molecular complexity index is 547. The molecule has 138 valence electrons. The van der Waals surface area contributed by atoms with Crippen molar-refractivity contribution in [1.82, 2.24) is 10.2 Å². The number of aryl methyl sites for hydroxylation is 1. The summed E-state index contributed by atoms with van der Waals surface area (Å²) < 4.78 is 11.2. The summed E-state index contributed by atoms with van der Waals surface area (Å²) >= 11 is 0. The molecule has 2 saturated heterocycles. The molecule has 0 aromatic heterocycles. The van der Waals surface area contributed by atoms with Gasteiger partial charge in [-0.25, -0.2) is 0 Å². The monoisotopic (exact) mass is 346 g/mol. The number of hydrogen-bond donors (Lipinski definition) is 1. The first-order valence-corrected chi connectivity index (χ1v) is 9.49. The van der Waals surface area contributed by atoms with Crippen LogP contribution in [0.25, 0.3) is 0 Å². The zero-order valence-corrected chi connectivity index (χ0v) is 15.4. The van der Waals surface area contributed by atoms with Gasteiger partial charge in [-0.2, -0.15) is 0 Å². The molecule has 2 aliphatic rings. The number of nitrogens with zero attached hydrogens (tertiary/aromatic N) is 1. The highest BCUT2D eigenvalue weighted by molar-refractivity contribution is 5.78. The van der Waals surface area contributed by atoms with Gasteiger partial charge in [-0.1, -0.05) is 31.2 Å². The fourth-order valence-corrected chi connectivity index (χ4v) is 3.65. The normalized spacial score (nSPS) is 21.4. The summed E-state index contributed by atoms with van der Waals surface area (Å²) in [4.78, 5) is 14.6. The quantitative estimate of drug-likeness (QED) is 0.860. The summed E-state index contributed by atoms with van der Waals surface area (Å²) in [5.41, 5.74) is 2.47. The summed E-state index contributed by atoms with van der Waals surface area (Å²) in [7, 11) is 0. The van der Waals surface area contributed by atoms with Gasteiger partial charge in [-0.15, -0.1) is 0 Å². The van der Waals surface area contributed by atoms with Gasteiger partial charge in [0.25, 0.3) is 0 Å². The van der Waals surface area contributed by atoms with E-state index in [0.717, 1.165) is 37.9 Å². The van der Waals surface area contributed by atoms with Crippen LogP contribution in [-0.4, -0.2) is 49.9 Å². The predicted molar refractivity (Wildman–Crippen MR) is 97.2 cm³/mol. The summed E-state index contributed by atoms with van der Waals surface area (Å²) in [5.74, 6) is 0.566. The fourth-order valence-electron chi connectivity index (χ4n) is 3.65. The third-order valence-electron chi connectivity index (χ3n) is 5.30. The maximum Gasteiger partial charge on any atom is 0.234 e. The first kappa shape index (κ1) is 18.4. The number of piperidine rings is 1. The van der Waals surface area contributed by atoms with Crippen LogP contribution < -0.4 is 5.32 Å². The Morgan fingerprint density at radius 2 is 1.84 bits per heavy atom. The molecule has 1 aromatic rings. The Kier molecular flexibility index (Phi) is 6.45. The van der Waals surface area contributed by atoms with Crippen LogP contribution in [0.4, 0.5) is 0 Å². The summed E-state index contributed by atoms with van der Waals surface area (Å²) in [6.07, 6.45) is 3.08. The lowest BCUT2D eigenvalue weighted by Gasteiger charge is -2.33. The van der Waals surface area contributed by atoms with Gasteiger partial charge >= 0.3 is 0 Å². The molecule has 5 heteroatoms. The molecule has 3 rings (SSSR count). The van der Waals surface area contributed by atoms with Gasteiger partial charge in [-0.05, 0) is 50.4 Å². The van der Waals surface area contributed by atoms with E-state index in [1.54, 1.807) is 0 Å². The van der Waals surface area contributed by atoms with Crippen molar-refractivity contribution in [2.45, 2.75) is 45.4 Å². The van der Waals surface area contributed by atoms with E-state index in [1.165, 1.54) is 5.56 Å². The van der Waals surface area contributed by atoms with Crippen LogP contribution in [0.3, 0.4) is 0 Å². The fraction of sp³-hybridized carbons (Fsp3) is 0.650. The van der Waals surface area contributed by atoms with Crippen LogP contribution in [0.15, 0.2) is 24.3 Å². The lowest BCUT2D eigenvalue weighted by Crippen LogP contribution is -2.43. The molecule has 1 aromatic carbocycles. The van der Waals surface area contributed by atoms with E-state index >= 15 is 0 Å². The number of likely N-dealkylation sites (tertiary alicyclic amines) is 1. The van der Waals surface area contributed by atoms with E-state index in [9.17, 15) is 4.79 Å². The number of carbonyl (C=O) groups excluding carboxylic acids is 1. The molecule has 25 heavy (non-hydrogen) atoms. The number of benzene rings is 1. The Hall–Kier alpha value is -1.43. The number of rotatable bonds is 6. The molecule has 0 spiro atoms. The second-order valence-corrected chi connectivity index (χ2v) is 7.11. The van der Waals surface area contributed by atoms with Crippen molar-refractivity contribution in [1.29, 1.82) is 0 Å². The maximum absolute atomic E-state index is 12.4. The minimum Gasteiger partial charge on any atom is -0.350 e. The van der Waals surface area contributed by atoms with Crippen molar-refractivity contribution in [3.05, 3.63) is 35.4 Å². The molecule has 5 nitrogen and oxygen atoms in total. The molecule has 0 saturated carbocycles. The Morgan fingerprint density at radius 1 is 1.20 bits per heavy atom. The molecule has 0 aliphatic carbocycles. The van der Waals surface area contributed by atoms with Crippen molar-refractivity contribution >= 4 is 5.91 Å². The number of hydrogen-bond acceptors (Lipinski definition) is 4. The van der Waals surface area contributed by atoms with Gasteiger partial charge in [0.1, 0.15) is 0 Å². The van der Waals surface area contributed by atoms with Crippen LogP contribution in [0.2, 0.25) is 0 Å². The Labute approximate surface area is 150 Å². The molecule has 2 heterocycles. The van der Waals surface area contributed by atoms with E-state index in [-0.39, 0.29) is 18.2 Å². The number of amides is 1. The van der Waals surface area contributed by atoms with Crippen LogP contribution in [-0.2, 0) is 20.7 Å². The van der Waals surface area contributed by atoms with Crippen molar-refractivity contribution in [2.24, 2.45) is 5.92 Å². The highest BCUT2D eigenvalue weighted by atomic mass is 16.7. The molecule has 1 unspecified atom stereocenters. The van der Waals surface area contributed by atoms with E-state index in [0.29, 0.717) is 25.7 Å². The molecule has 1 atom stereocenters. The minimum atomic E-state index is -0.0258. The summed E-state index contributed by atoms with van der Waals surface area (Å²) in [5, 5.41) is 3.12. The van der Waals surface area contributed by atoms with E-state index in [4.69, 9.17) is 9.47 Å². The van der Waals surface area contributed by atoms with Crippen LogP contribution in [0, 0.1) is 5.92 Å². The smallest absolute Gasteiger partial charge is 0.234 e. The van der Waals surface area contributed by atoms with Gasteiger partial charge < -0.3 is 14.8 Å². The first-order chi connectivity index (χ1) is 12.2. The average Bonchev–Trinajstić information content (AvgIpc) is 3.17. The molecule has 1 N–H and O–H groups in total. The number of carbonyl (C=O) groups is 1. The Balaban J connectivity index is 1.41. The molecule has 2 fully saturated rings. The van der Waals surface area contributed by atoms with Gasteiger partial charge in [0.2, 0.25) is 5.91 Å². The van der Waals surface area contributed by atoms with Gasteiger partial charge in [0.05, 0.1) is 25.8 Å². The number of nitrogens with one attached hydrogen (secondary N) is 1. The molecular formula is C20H30N2O3. The van der Waals surface area contributed by atoms with Crippen LogP contribution >= 0.6 is 0 Å². The average molecular weight is 346 g/mol. The van der Waals surface area contributed by atoms with Crippen molar-refractivity contribution in [2.75, 3.05) is 32.8 Å². The third-order valence-corrected chi connectivity index (χ3v) is 5.30. The first-order valence-electron chi connectivity index (χ1n) is 9.49. The molecule has 2 aliphatic heterocycles. The molecule has 0 radical (unpaired) electrons. The second-order valence-electron chi connectivity index (χ2n) is 7.11. The summed E-state index contributed by atoms with van der Waals surface area (Å²) in [6, 6.07) is 8.52. The largest absolute Gasteiger partial charge is 0.350 e. The number of ether oxygens (including phenoxy) is 2. The maximum atomic E-state index is 12.4. The van der Waals surface area contributed by atoms with Gasteiger partial charge in [0.15, 0.2) is 6.29 Å². The Morgan fingerprint density at radius 3 is 2.44 bits per heavy atom. The molecular weight excluding hydrogens is 316 g/mol. The highest BCUT2D eigenvalue weighted by Gasteiger charge is 2.30. The molecule has 0 bridgehead atoms. The van der Waals surface area contributed by atoms with Crippen molar-refractivity contribution < 1.29 is 14.3 Å². The lowest BCUT2D eigenvalue weighted by molar-refractivity contribution is -0.124. The van der Waals surface area contributed by atoms with Crippen molar-refractivity contribution in [3.8, 4) is 0 Å². The van der Waals surface area contributed by atoms with E-state index in [1.807, 2.05) is 6.92 Å². The zero-order valence-electron chi connectivity index (χ0n) is 15.4. The van der Waals surface area contributed by atoms with E-state index < -0.39 is 0 Å². The second kappa shape index (κ2) is 8.79. The standard InChI is InChI=1S/C20H30N2O3/c1-3-16-4-6-17(7-5-16)15(2)21-19(23)14-22-10-8-18(9-11-22)20-24-12-13-25-20/h4-7,15,18,20H,3,8-14H2,1-2H3,(H,21,23). The van der Waals surface area contributed by atoms with Crippen LogP contribution in [0.5, 0.6) is 0 Å². The minimum absolute atomic E-state index is 0.0258. The topological polar surface area (TPSA) is 50.8 Å². The zero-order chi connectivity index (χ0) is 17.6. The lowest BCUT2D eigenvalue weighted by atomic mass is 9.96. The van der Waals surface area contributed by atoms with E-state index in [2.05, 4.69) is 41.4 Å². The van der Waals surface area contributed by atoms with Gasteiger partial charge in [0, 0.05) is 5.92 Å². The predicted octanol–water partition coefficient (Wildman–Crippen LogP) is 2.51. The molecule has 1 amide bonds. The van der Waals surface area contributed by atoms with Crippen molar-refractivity contribution in [3.63, 3.8) is 0 Å². The highest BCUT2D eigenvalue weighted by Crippen LogP contribution is 2.25. The third kappa shape index (κ3) is 5.03. The van der Waals surface area contributed by atoms with Gasteiger partial charge in [-0.3, -0.25) is 9.69 Å². The summed E-state index contributed by atoms with van der Waals surface area (Å²) in [6.45, 7) is 7.95. The SMILES string of the molecule is CCc1ccc(C(C)NC(=O)CN2CCC(C3OCCO3)CC2)cc1. The van der Waals surface area contributed by atoms with Crippen LogP contribution in [0.1, 0.15) is 43.9 Å².